The van der Waals surface area contributed by atoms with Crippen molar-refractivity contribution in [1.82, 2.24) is 38.0 Å². The summed E-state index contributed by atoms with van der Waals surface area (Å²) in [6.07, 6.45) is 9.54. The predicted molar refractivity (Wildman–Crippen MR) is 590 cm³/mol. The van der Waals surface area contributed by atoms with Gasteiger partial charge in [-0.1, -0.05) is 364 Å². The Morgan fingerprint density at radius 3 is 1.16 bits per heavy atom. The Morgan fingerprint density at radius 1 is 0.193 bits per heavy atom. The van der Waals surface area contributed by atoms with Gasteiger partial charge in [0.15, 0.2) is 0 Å². The molecule has 650 valence electrons. The van der Waals surface area contributed by atoms with Gasteiger partial charge in [-0.2, -0.15) is 0 Å². The highest BCUT2D eigenvalue weighted by Crippen LogP contribution is 2.52. The van der Waals surface area contributed by atoms with E-state index in [1.54, 1.807) is 6.20 Å². The first-order valence-corrected chi connectivity index (χ1v) is 47.9. The van der Waals surface area contributed by atoms with Crippen LogP contribution in [-0.2, 0) is 0 Å². The van der Waals surface area contributed by atoms with Crippen LogP contribution in [0.3, 0.4) is 0 Å². The quantitative estimate of drug-likeness (QED) is 0.135. The maximum Gasteiger partial charge on any atom is 0.234 e. The largest absolute Gasteiger partial charge is 0.309 e. The molecule has 0 bridgehead atoms. The zero-order chi connectivity index (χ0) is 92.0. The standard InChI is InChI=1S/2C45H28N2.C42H26N4/c1-2-11-31-26-33(21-20-29(31)10-1)40-28-41-36-15-4-6-17-38(36)43-39-18-7-8-19-42(39)47(45(43)44(41)37-16-5-3-14-35(37)40)34-13-9-12-32(27-34)30-22-24-46-25-23-30;1-2-12-30(13-3-1)39-27-40-35-16-6-8-18-37(35)43-38-19-9-11-21-42(38)47(45(43)44(40)36-17-7-5-15-34(36)39)33-24-22-29(23-25-33)32-26-31-14-4-10-20-41(31)46-28-32;1-2-12-29(13-3-1)40-39(44-42-43-25-10-26-45(40)42)28-19-22-30(23-20-28)46-36-18-9-8-17-35(36)38-33-16-7-6-15-32(33)34-24-21-27-11-4-5-14-31(27)37(34)41(38)46/h2*1-28H;1-26H. The monoisotopic (exact) mass is 1780 g/mol. The van der Waals surface area contributed by atoms with Crippen molar-refractivity contribution in [3.8, 4) is 84.1 Å². The second kappa shape index (κ2) is 32.5. The number of hydrogen-bond acceptors (Lipinski definition) is 4. The summed E-state index contributed by atoms with van der Waals surface area (Å²) in [5.74, 6) is 0.688. The van der Waals surface area contributed by atoms with E-state index in [-0.39, 0.29) is 0 Å². The van der Waals surface area contributed by atoms with Crippen LogP contribution in [0.1, 0.15) is 0 Å². The van der Waals surface area contributed by atoms with Crippen molar-refractivity contribution in [2.45, 2.75) is 0 Å². The molecule has 7 aromatic heterocycles. The number of para-hydroxylation sites is 4. The molecule has 23 aromatic carbocycles. The van der Waals surface area contributed by atoms with Crippen molar-refractivity contribution in [2.24, 2.45) is 0 Å². The maximum atomic E-state index is 5.01. The minimum atomic E-state index is 0.688. The SMILES string of the molecule is c1cc(-c2ccncc2)cc(-n2c3ccccc3c3c4ccccc4c4cc(-c5ccc6ccccc6c5)c5ccccc5c4c32)c1.c1ccc(-c2c(-c3ccc(-n4c5ccccc5c5c6ccccc6c6ccc7ccccc7c6c54)cc3)nc3ncccn23)cc1.c1ccc(-c2cc3c4ccccc4c4c5ccccc5n(-c5ccc(-c6cnc7ccccc7c6)cc5)c4c3c3ccccc23)cc1. The van der Waals surface area contributed by atoms with Crippen LogP contribution in [0.4, 0.5) is 0 Å². The van der Waals surface area contributed by atoms with E-state index in [1.165, 1.54) is 201 Å². The van der Waals surface area contributed by atoms with E-state index >= 15 is 0 Å². The number of rotatable bonds is 9. The number of nitrogens with zero attached hydrogens (tertiary/aromatic N) is 8. The molecule has 140 heavy (non-hydrogen) atoms. The van der Waals surface area contributed by atoms with Crippen molar-refractivity contribution < 1.29 is 0 Å². The van der Waals surface area contributed by atoms with E-state index in [4.69, 9.17) is 9.97 Å². The average Bonchev–Trinajstić information content (AvgIpc) is 1.52. The summed E-state index contributed by atoms with van der Waals surface area (Å²) in [4.78, 5) is 18.6. The third-order valence-corrected chi connectivity index (χ3v) is 29.0. The molecule has 0 amide bonds. The number of imidazole rings is 1. The first kappa shape index (κ1) is 79.8. The van der Waals surface area contributed by atoms with Gasteiger partial charge >= 0.3 is 0 Å². The molecule has 0 atom stereocenters. The lowest BCUT2D eigenvalue weighted by atomic mass is 9.88. The van der Waals surface area contributed by atoms with Gasteiger partial charge in [0.25, 0.3) is 0 Å². The van der Waals surface area contributed by atoms with Crippen molar-refractivity contribution in [1.29, 1.82) is 0 Å². The van der Waals surface area contributed by atoms with Crippen LogP contribution < -0.4 is 0 Å². The van der Waals surface area contributed by atoms with Gasteiger partial charge in [0.05, 0.1) is 50.0 Å². The van der Waals surface area contributed by atoms with Crippen LogP contribution in [0.2, 0.25) is 0 Å². The topological polar surface area (TPSA) is 70.8 Å². The summed E-state index contributed by atoms with van der Waals surface area (Å²) in [7, 11) is 0. The van der Waals surface area contributed by atoms with Gasteiger partial charge in [0.2, 0.25) is 5.78 Å². The number of hydrogen-bond donors (Lipinski definition) is 0. The number of benzene rings is 23. The Morgan fingerprint density at radius 2 is 0.586 bits per heavy atom. The molecule has 7 heterocycles. The maximum absolute atomic E-state index is 5.01. The minimum absolute atomic E-state index is 0.688. The Bertz CT molecular complexity index is 10300. The van der Waals surface area contributed by atoms with Crippen LogP contribution in [0.5, 0.6) is 0 Å². The molecule has 8 nitrogen and oxygen atoms in total. The Hall–Kier alpha value is -18.8. The lowest BCUT2D eigenvalue weighted by Crippen LogP contribution is -1.96. The molecule has 0 aliphatic rings. The summed E-state index contributed by atoms with van der Waals surface area (Å²) in [6.45, 7) is 0. The van der Waals surface area contributed by atoms with E-state index in [1.807, 2.05) is 43.0 Å². The van der Waals surface area contributed by atoms with E-state index in [0.717, 1.165) is 67.2 Å². The molecule has 0 saturated heterocycles. The minimum Gasteiger partial charge on any atom is -0.309 e. The van der Waals surface area contributed by atoms with Crippen molar-refractivity contribution in [2.75, 3.05) is 0 Å². The first-order chi connectivity index (χ1) is 69.5. The van der Waals surface area contributed by atoms with Crippen LogP contribution in [0.25, 0.3) is 274 Å². The molecule has 0 radical (unpaired) electrons. The van der Waals surface area contributed by atoms with Crippen LogP contribution in [0, 0.1) is 0 Å². The molecule has 8 heteroatoms. The average molecular weight is 1780 g/mol. The second-order valence-corrected chi connectivity index (χ2v) is 36.5. The van der Waals surface area contributed by atoms with Gasteiger partial charge in [-0.25, -0.2) is 9.97 Å². The number of pyridine rings is 2. The van der Waals surface area contributed by atoms with Crippen molar-refractivity contribution in [3.63, 3.8) is 0 Å². The number of fused-ring (bicyclic) bond motifs is 33. The Labute approximate surface area is 804 Å². The highest BCUT2D eigenvalue weighted by Gasteiger charge is 2.28. The van der Waals surface area contributed by atoms with Gasteiger partial charge in [0.1, 0.15) is 0 Å². The predicted octanol–water partition coefficient (Wildman–Crippen LogP) is 34.9. The van der Waals surface area contributed by atoms with Gasteiger partial charge < -0.3 is 13.7 Å². The van der Waals surface area contributed by atoms with Gasteiger partial charge in [-0.3, -0.25) is 14.4 Å². The molecular weight excluding hydrogens is 1700 g/mol. The smallest absolute Gasteiger partial charge is 0.234 e. The van der Waals surface area contributed by atoms with Crippen LogP contribution in [0.15, 0.2) is 498 Å². The van der Waals surface area contributed by atoms with Crippen molar-refractivity contribution in [3.05, 3.63) is 498 Å². The third-order valence-electron chi connectivity index (χ3n) is 29.0. The van der Waals surface area contributed by atoms with Gasteiger partial charge in [-0.15, -0.1) is 0 Å². The second-order valence-electron chi connectivity index (χ2n) is 36.5. The van der Waals surface area contributed by atoms with Crippen molar-refractivity contribution >= 4 is 190 Å². The van der Waals surface area contributed by atoms with E-state index in [0.29, 0.717) is 5.78 Å². The zero-order valence-corrected chi connectivity index (χ0v) is 75.9. The lowest BCUT2D eigenvalue weighted by molar-refractivity contribution is 1.11. The van der Waals surface area contributed by atoms with Gasteiger partial charge in [0, 0.05) is 119 Å². The summed E-state index contributed by atoms with van der Waals surface area (Å²) in [5, 5.41) is 34.2. The molecule has 0 spiro atoms. The van der Waals surface area contributed by atoms with E-state index in [9.17, 15) is 0 Å². The summed E-state index contributed by atoms with van der Waals surface area (Å²) >= 11 is 0. The Kier molecular flexibility index (Phi) is 18.5. The van der Waals surface area contributed by atoms with Crippen LogP contribution in [-0.4, -0.2) is 38.0 Å². The molecular formula is C132H82N8. The first-order valence-electron chi connectivity index (χ1n) is 47.9. The summed E-state index contributed by atoms with van der Waals surface area (Å²) in [5.41, 5.74) is 25.4. The fourth-order valence-corrected chi connectivity index (χ4v) is 22.9. The fourth-order valence-electron chi connectivity index (χ4n) is 22.9. The normalized spacial score (nSPS) is 11.9. The molecule has 0 fully saturated rings. The molecule has 0 aliphatic carbocycles. The van der Waals surface area contributed by atoms with Crippen LogP contribution >= 0.6 is 0 Å². The Balaban J connectivity index is 0.000000103. The highest BCUT2D eigenvalue weighted by atomic mass is 15.1. The summed E-state index contributed by atoms with van der Waals surface area (Å²) in [6, 6.07) is 169. The highest BCUT2D eigenvalue weighted by molar-refractivity contribution is 6.40. The van der Waals surface area contributed by atoms with E-state index in [2.05, 4.69) is 477 Å². The molecule has 30 rings (SSSR count). The lowest BCUT2D eigenvalue weighted by Gasteiger charge is -2.17. The molecule has 0 N–H and O–H groups in total. The molecule has 0 aliphatic heterocycles. The van der Waals surface area contributed by atoms with E-state index < -0.39 is 0 Å². The molecule has 30 aromatic rings. The molecule has 0 unspecified atom stereocenters. The fraction of sp³-hybridized carbons (Fsp3) is 0. The third kappa shape index (κ3) is 12.7. The summed E-state index contributed by atoms with van der Waals surface area (Å²) < 4.78 is 9.51. The zero-order valence-electron chi connectivity index (χ0n) is 75.9. The van der Waals surface area contributed by atoms with Gasteiger partial charge in [-0.05, 0) is 234 Å². The number of aromatic nitrogens is 8. The molecule has 0 saturated carbocycles.